The van der Waals surface area contributed by atoms with Crippen molar-refractivity contribution >= 4 is 8.32 Å². The third kappa shape index (κ3) is 5.98. The molecular formula is C25H48O4Si. The summed E-state index contributed by atoms with van der Waals surface area (Å²) in [5.74, 6) is 0.433. The Balaban J connectivity index is 2.05. The molecule has 0 saturated heterocycles. The Morgan fingerprint density at radius 3 is 2.47 bits per heavy atom. The Bertz CT molecular complexity index is 592. The maximum atomic E-state index is 11.0. The van der Waals surface area contributed by atoms with Crippen LogP contribution in [0, 0.1) is 11.3 Å². The number of hydrogen-bond donors (Lipinski definition) is 1. The van der Waals surface area contributed by atoms with E-state index in [4.69, 9.17) is 13.9 Å². The highest BCUT2D eigenvalue weighted by molar-refractivity contribution is 6.74. The quantitative estimate of drug-likeness (QED) is 0.194. The molecule has 2 aliphatic rings. The molecule has 4 atom stereocenters. The largest absolute Gasteiger partial charge is 0.414 e. The van der Waals surface area contributed by atoms with Gasteiger partial charge in [-0.15, -0.1) is 0 Å². The Labute approximate surface area is 186 Å². The van der Waals surface area contributed by atoms with E-state index in [1.54, 1.807) is 7.11 Å². The van der Waals surface area contributed by atoms with Gasteiger partial charge < -0.3 is 19.0 Å². The molecule has 0 aliphatic heterocycles. The molecule has 4 nitrogen and oxygen atoms in total. The highest BCUT2D eigenvalue weighted by Gasteiger charge is 2.54. The number of ether oxygens (including phenoxy) is 2. The van der Waals surface area contributed by atoms with Crippen molar-refractivity contribution in [3.05, 3.63) is 11.6 Å². The lowest BCUT2D eigenvalue weighted by Gasteiger charge is -2.47. The Kier molecular flexibility index (Phi) is 8.46. The van der Waals surface area contributed by atoms with Crippen LogP contribution in [-0.4, -0.2) is 45.1 Å². The molecule has 2 aliphatic carbocycles. The van der Waals surface area contributed by atoms with Crippen molar-refractivity contribution in [2.45, 2.75) is 122 Å². The summed E-state index contributed by atoms with van der Waals surface area (Å²) >= 11 is 0. The van der Waals surface area contributed by atoms with Crippen LogP contribution in [-0.2, 0) is 13.9 Å². The van der Waals surface area contributed by atoms with Gasteiger partial charge in [0, 0.05) is 13.2 Å². The van der Waals surface area contributed by atoms with Gasteiger partial charge in [0.05, 0.1) is 11.7 Å². The van der Waals surface area contributed by atoms with E-state index in [0.717, 1.165) is 32.1 Å². The van der Waals surface area contributed by atoms with Gasteiger partial charge in [-0.2, -0.15) is 0 Å². The van der Waals surface area contributed by atoms with Crippen molar-refractivity contribution in [3.63, 3.8) is 0 Å². The minimum atomic E-state index is -1.82. The molecule has 0 bridgehead atoms. The van der Waals surface area contributed by atoms with E-state index in [1.165, 1.54) is 18.4 Å². The van der Waals surface area contributed by atoms with Crippen LogP contribution in [0.3, 0.4) is 0 Å². The molecule has 0 spiro atoms. The predicted molar refractivity (Wildman–Crippen MR) is 127 cm³/mol. The average molecular weight is 441 g/mol. The van der Waals surface area contributed by atoms with E-state index < -0.39 is 8.32 Å². The SMILES string of the molecule is COCOC(C)(C)CCC/C=C1/[C@H](O)C[C@H]2[C@@H](O[Si](C)(C)C(C)(C)C)CCC[C@]12C. The number of aliphatic hydroxyl groups is 1. The fourth-order valence-corrected chi connectivity index (χ4v) is 6.52. The average Bonchev–Trinajstić information content (AvgIpc) is 2.87. The summed E-state index contributed by atoms with van der Waals surface area (Å²) in [6.07, 6.45) is 9.67. The van der Waals surface area contributed by atoms with Crippen molar-refractivity contribution in [1.29, 1.82) is 0 Å². The van der Waals surface area contributed by atoms with Crippen molar-refractivity contribution < 1.29 is 19.0 Å². The molecule has 0 unspecified atom stereocenters. The van der Waals surface area contributed by atoms with Crippen molar-refractivity contribution in [1.82, 2.24) is 0 Å². The molecule has 2 saturated carbocycles. The van der Waals surface area contributed by atoms with Crippen LogP contribution in [0.1, 0.15) is 86.5 Å². The molecule has 0 heterocycles. The first-order valence-electron chi connectivity index (χ1n) is 11.9. The monoisotopic (exact) mass is 440 g/mol. The first-order valence-corrected chi connectivity index (χ1v) is 14.8. The first-order chi connectivity index (χ1) is 13.7. The van der Waals surface area contributed by atoms with E-state index in [-0.39, 0.29) is 28.3 Å². The zero-order chi connectivity index (χ0) is 22.8. The Morgan fingerprint density at radius 1 is 1.20 bits per heavy atom. The van der Waals surface area contributed by atoms with E-state index in [9.17, 15) is 5.11 Å². The van der Waals surface area contributed by atoms with Crippen LogP contribution < -0.4 is 0 Å². The Morgan fingerprint density at radius 2 is 1.87 bits per heavy atom. The molecule has 0 aromatic rings. The van der Waals surface area contributed by atoms with Gasteiger partial charge in [-0.1, -0.05) is 40.2 Å². The van der Waals surface area contributed by atoms with E-state index in [0.29, 0.717) is 12.7 Å². The maximum absolute atomic E-state index is 11.0. The molecule has 0 radical (unpaired) electrons. The van der Waals surface area contributed by atoms with Gasteiger partial charge in [-0.3, -0.25) is 0 Å². The van der Waals surface area contributed by atoms with Crippen LogP contribution in [0.25, 0.3) is 0 Å². The van der Waals surface area contributed by atoms with Gasteiger partial charge in [0.1, 0.15) is 6.79 Å². The number of rotatable bonds is 9. The number of methoxy groups -OCH3 is 1. The third-order valence-electron chi connectivity index (χ3n) is 8.11. The van der Waals surface area contributed by atoms with Gasteiger partial charge in [0.25, 0.3) is 0 Å². The minimum Gasteiger partial charge on any atom is -0.414 e. The smallest absolute Gasteiger partial charge is 0.192 e. The minimum absolute atomic E-state index is 0.0762. The second-order valence-corrected chi connectivity index (χ2v) is 16.7. The summed E-state index contributed by atoms with van der Waals surface area (Å²) in [6.45, 7) is 18.6. The van der Waals surface area contributed by atoms with Gasteiger partial charge in [-0.25, -0.2) is 0 Å². The number of fused-ring (bicyclic) bond motifs is 1. The lowest BCUT2D eigenvalue weighted by atomic mass is 9.66. The summed E-state index contributed by atoms with van der Waals surface area (Å²) in [7, 11) is -0.160. The molecule has 176 valence electrons. The third-order valence-corrected chi connectivity index (χ3v) is 12.6. The second-order valence-electron chi connectivity index (χ2n) is 11.9. The van der Waals surface area contributed by atoms with Crippen LogP contribution in [0.4, 0.5) is 0 Å². The van der Waals surface area contributed by atoms with Crippen LogP contribution in [0.15, 0.2) is 11.6 Å². The van der Waals surface area contributed by atoms with Crippen molar-refractivity contribution in [2.24, 2.45) is 11.3 Å². The maximum Gasteiger partial charge on any atom is 0.192 e. The first kappa shape index (κ1) is 26.1. The zero-order valence-corrected chi connectivity index (χ0v) is 22.1. The lowest BCUT2D eigenvalue weighted by Crippen LogP contribution is -2.49. The lowest BCUT2D eigenvalue weighted by molar-refractivity contribution is -0.117. The van der Waals surface area contributed by atoms with E-state index in [1.807, 2.05) is 0 Å². The molecule has 0 aromatic carbocycles. The van der Waals surface area contributed by atoms with Crippen molar-refractivity contribution in [3.8, 4) is 0 Å². The Hall–Kier alpha value is -0.203. The van der Waals surface area contributed by atoms with Gasteiger partial charge in [0.2, 0.25) is 0 Å². The molecule has 2 fully saturated rings. The topological polar surface area (TPSA) is 47.9 Å². The summed E-state index contributed by atoms with van der Waals surface area (Å²) in [6, 6.07) is 0. The molecule has 2 rings (SSSR count). The molecule has 30 heavy (non-hydrogen) atoms. The summed E-state index contributed by atoms with van der Waals surface area (Å²) in [4.78, 5) is 0. The fraction of sp³-hybridized carbons (Fsp3) is 0.920. The van der Waals surface area contributed by atoms with Crippen molar-refractivity contribution in [2.75, 3.05) is 13.9 Å². The molecule has 0 aromatic heterocycles. The second kappa shape index (κ2) is 9.74. The van der Waals surface area contributed by atoms with Crippen LogP contribution in [0.2, 0.25) is 18.1 Å². The molecule has 0 amide bonds. The standard InChI is InChI=1S/C25H48O4Si/c1-23(2,3)30(8,9)29-22-14-12-16-25(6)19(21(26)17-20(22)25)13-10-11-15-24(4,5)28-18-27-7/h13,20-22,26H,10-12,14-18H2,1-9H3/b19-13-/t20-,21+,22-,25+/m0/s1. The predicted octanol–water partition coefficient (Wildman–Crippen LogP) is 6.44. The van der Waals surface area contributed by atoms with Gasteiger partial charge in [0.15, 0.2) is 8.32 Å². The number of unbranched alkanes of at least 4 members (excludes halogenated alkanes) is 1. The zero-order valence-electron chi connectivity index (χ0n) is 21.1. The number of aliphatic hydroxyl groups excluding tert-OH is 1. The summed E-state index contributed by atoms with van der Waals surface area (Å²) in [5, 5.41) is 11.2. The number of allylic oxidation sites excluding steroid dienone is 1. The van der Waals surface area contributed by atoms with E-state index in [2.05, 4.69) is 60.7 Å². The van der Waals surface area contributed by atoms with E-state index >= 15 is 0 Å². The normalized spacial score (nSPS) is 31.9. The molecule has 5 heteroatoms. The van der Waals surface area contributed by atoms with Gasteiger partial charge in [-0.05, 0) is 87.4 Å². The number of hydrogen-bond acceptors (Lipinski definition) is 4. The summed E-state index contributed by atoms with van der Waals surface area (Å²) < 4.78 is 17.7. The highest BCUT2D eigenvalue weighted by Crippen LogP contribution is 2.57. The summed E-state index contributed by atoms with van der Waals surface area (Å²) in [5.41, 5.74) is 1.17. The molecular weight excluding hydrogens is 392 g/mol. The van der Waals surface area contributed by atoms with Gasteiger partial charge >= 0.3 is 0 Å². The molecule has 1 N–H and O–H groups in total. The highest BCUT2D eigenvalue weighted by atomic mass is 28.4. The van der Waals surface area contributed by atoms with Crippen LogP contribution >= 0.6 is 0 Å². The fourth-order valence-electron chi connectivity index (χ4n) is 5.13. The van der Waals surface area contributed by atoms with Crippen LogP contribution in [0.5, 0.6) is 0 Å².